The molecule has 4 fully saturated rings. The minimum absolute atomic E-state index is 0.0132. The maximum Gasteiger partial charge on any atom is 0.373 e. The summed E-state index contributed by atoms with van der Waals surface area (Å²) in [4.78, 5) is 93.4. The van der Waals surface area contributed by atoms with Gasteiger partial charge in [0.05, 0.1) is 23.5 Å². The van der Waals surface area contributed by atoms with Crippen LogP contribution in [-0.2, 0) is 47.8 Å². The van der Waals surface area contributed by atoms with Crippen molar-refractivity contribution in [1.29, 1.82) is 0 Å². The highest BCUT2D eigenvalue weighted by molar-refractivity contribution is 7.99. The van der Waals surface area contributed by atoms with Crippen LogP contribution in [0, 0.1) is 40.4 Å². The Bertz CT molecular complexity index is 2330. The Morgan fingerprint density at radius 1 is 0.971 bits per heavy atom. The van der Waals surface area contributed by atoms with Gasteiger partial charge >= 0.3 is 6.15 Å². The van der Waals surface area contributed by atoms with Gasteiger partial charge in [-0.2, -0.15) is 21.4 Å². The maximum atomic E-state index is 13.9. The van der Waals surface area contributed by atoms with Crippen LogP contribution < -0.4 is 20.7 Å². The van der Waals surface area contributed by atoms with Crippen LogP contribution >= 0.6 is 11.8 Å². The number of Topliss-reactive ketones (excluding diaryl/α,β-unsaturated/α-hetero) is 2. The van der Waals surface area contributed by atoms with E-state index in [1.165, 1.54) is 11.8 Å². The smallest absolute Gasteiger partial charge is 0.373 e. The zero-order valence-electron chi connectivity index (χ0n) is 39.6. The Hall–Kier alpha value is -5.29. The first kappa shape index (κ1) is 52.1. The Morgan fingerprint density at radius 3 is 2.24 bits per heavy atom. The van der Waals surface area contributed by atoms with Crippen molar-refractivity contribution in [2.24, 2.45) is 40.4 Å². The molecule has 3 amide bonds. The summed E-state index contributed by atoms with van der Waals surface area (Å²) < 4.78 is 19.4. The third kappa shape index (κ3) is 10.3. The summed E-state index contributed by atoms with van der Waals surface area (Å²) in [5.41, 5.74) is -0.513. The average molecular weight is 958 g/mol. The van der Waals surface area contributed by atoms with Crippen LogP contribution in [0.3, 0.4) is 0 Å². The molecule has 0 radical (unpaired) electrons. The molecule has 0 bridgehead atoms. The van der Waals surface area contributed by atoms with E-state index >= 15 is 0 Å². The van der Waals surface area contributed by atoms with Crippen LogP contribution in [0.5, 0.6) is 11.5 Å². The van der Waals surface area contributed by atoms with Gasteiger partial charge in [-0.05, 0) is 105 Å². The summed E-state index contributed by atoms with van der Waals surface area (Å²) in [7, 11) is 0. The lowest BCUT2D eigenvalue weighted by molar-refractivity contribution is -0.201. The average Bonchev–Trinajstić information content (AvgIpc) is 3.81. The zero-order chi connectivity index (χ0) is 49.7. The number of benzene rings is 2. The van der Waals surface area contributed by atoms with Gasteiger partial charge in [0.1, 0.15) is 18.1 Å². The summed E-state index contributed by atoms with van der Waals surface area (Å²) in [5.74, 6) is -1.55. The number of allylic oxidation sites excluding steroid dienone is 4. The second-order valence-corrected chi connectivity index (χ2v) is 20.6. The van der Waals surface area contributed by atoms with E-state index < -0.39 is 59.3 Å². The highest BCUT2D eigenvalue weighted by Gasteiger charge is 2.76. The monoisotopic (exact) mass is 957 g/mol. The standard InChI is InChI=1S/C50H63N3O11S.CO2/c1-27(2)44(53-42(59)19-21-51-46(61)29(4)65-7)38(56)22-28(3)45(60)52-32-11-15-35(16-12-32)62-34-13-8-30(9-14-34)47-63-41-24-37-36-17-10-31-23-33(55)18-20-48(31,5)43(36)39(57)25-49(37,6)50(41,64-47)40(58)26-54;2-1-3/h8-9,11-16,18,20,23,27-29,36-37,39,41,43-44,47,54,57H,10,17,19,21-22,24-26H2,1-7H3,(H,51,61)(H,52,60)(H,53,59);/t28-,29?,36+,37+,39+,41-,43-,44+,47-,48+,49+,50-;/m1./s1. The Labute approximate surface area is 400 Å². The van der Waals surface area contributed by atoms with Crippen LogP contribution in [-0.4, -0.2) is 99.9 Å². The zero-order valence-corrected chi connectivity index (χ0v) is 40.4. The number of carbonyl (C=O) groups excluding carboxylic acids is 8. The van der Waals surface area contributed by atoms with Gasteiger partial charge in [0.25, 0.3) is 0 Å². The Balaban J connectivity index is 0.00000247. The molecule has 366 valence electrons. The number of carbonyl (C=O) groups is 6. The normalized spacial score (nSPS) is 30.0. The lowest BCUT2D eigenvalue weighted by atomic mass is 9.46. The molecule has 1 aliphatic heterocycles. The van der Waals surface area contributed by atoms with E-state index in [0.717, 1.165) is 18.4 Å². The second kappa shape index (κ2) is 21.6. The van der Waals surface area contributed by atoms with E-state index in [1.807, 2.05) is 33.1 Å². The Morgan fingerprint density at radius 2 is 1.62 bits per heavy atom. The van der Waals surface area contributed by atoms with E-state index in [-0.39, 0.29) is 83.7 Å². The first-order valence-corrected chi connectivity index (χ1v) is 24.5. The van der Waals surface area contributed by atoms with Gasteiger partial charge in [-0.1, -0.05) is 58.4 Å². The minimum Gasteiger partial charge on any atom is -0.457 e. The van der Waals surface area contributed by atoms with Crippen molar-refractivity contribution in [3.63, 3.8) is 0 Å². The number of hydrogen-bond donors (Lipinski definition) is 5. The summed E-state index contributed by atoms with van der Waals surface area (Å²) in [6.07, 6.45) is 7.36. The van der Waals surface area contributed by atoms with Crippen molar-refractivity contribution in [1.82, 2.24) is 10.6 Å². The fourth-order valence-electron chi connectivity index (χ4n) is 11.5. The van der Waals surface area contributed by atoms with Gasteiger partial charge in [-0.15, -0.1) is 0 Å². The third-order valence-corrected chi connectivity index (χ3v) is 15.9. The van der Waals surface area contributed by atoms with Crippen molar-refractivity contribution < 1.29 is 62.8 Å². The quantitative estimate of drug-likeness (QED) is 0.133. The van der Waals surface area contributed by atoms with Crippen molar-refractivity contribution in [2.45, 2.75) is 115 Å². The van der Waals surface area contributed by atoms with Crippen LogP contribution in [0.15, 0.2) is 72.3 Å². The van der Waals surface area contributed by atoms with Gasteiger partial charge in [0.15, 0.2) is 29.2 Å². The molecule has 0 aromatic heterocycles. The molecule has 7 rings (SSSR count). The number of ketones is 3. The minimum atomic E-state index is -1.46. The highest BCUT2D eigenvalue weighted by Crippen LogP contribution is 2.70. The number of ether oxygens (including phenoxy) is 3. The van der Waals surface area contributed by atoms with E-state index in [4.69, 9.17) is 23.8 Å². The van der Waals surface area contributed by atoms with Crippen molar-refractivity contribution in [3.05, 3.63) is 77.9 Å². The Kier molecular flexibility index (Phi) is 16.5. The van der Waals surface area contributed by atoms with E-state index in [2.05, 4.69) is 22.9 Å². The molecule has 16 nitrogen and oxygen atoms in total. The number of amides is 3. The summed E-state index contributed by atoms with van der Waals surface area (Å²) in [6.45, 7) is 10.6. The van der Waals surface area contributed by atoms with Crippen LogP contribution in [0.2, 0.25) is 0 Å². The molecule has 2 aromatic rings. The molecule has 1 heterocycles. The summed E-state index contributed by atoms with van der Waals surface area (Å²) in [6, 6.07) is 13.1. The first-order chi connectivity index (χ1) is 32.3. The molecular weight excluding hydrogens is 895 g/mol. The van der Waals surface area contributed by atoms with Crippen molar-refractivity contribution in [3.8, 4) is 11.5 Å². The van der Waals surface area contributed by atoms with Crippen molar-refractivity contribution >= 4 is 58.7 Å². The number of thioether (sulfide) groups is 1. The molecule has 3 saturated carbocycles. The van der Waals surface area contributed by atoms with E-state index in [0.29, 0.717) is 35.6 Å². The molecular formula is C51H63N3O13S. The number of anilines is 1. The number of fused-ring (bicyclic) bond motifs is 7. The highest BCUT2D eigenvalue weighted by atomic mass is 32.2. The van der Waals surface area contributed by atoms with Crippen LogP contribution in [0.1, 0.15) is 91.9 Å². The van der Waals surface area contributed by atoms with E-state index in [9.17, 15) is 39.0 Å². The number of rotatable bonds is 17. The van der Waals surface area contributed by atoms with Gasteiger partial charge < -0.3 is 40.4 Å². The van der Waals surface area contributed by atoms with Gasteiger partial charge in [-0.25, -0.2) is 0 Å². The number of hydrogen-bond acceptors (Lipinski definition) is 14. The van der Waals surface area contributed by atoms with Gasteiger partial charge in [0.2, 0.25) is 17.7 Å². The number of aliphatic hydroxyl groups excluding tert-OH is 2. The molecule has 17 heteroatoms. The predicted octanol–water partition coefficient (Wildman–Crippen LogP) is 5.43. The van der Waals surface area contributed by atoms with Crippen LogP contribution in [0.25, 0.3) is 0 Å². The molecule has 5 aliphatic rings. The molecule has 5 N–H and O–H groups in total. The molecule has 0 spiro atoms. The fraction of sp³-hybridized carbons (Fsp3) is 0.549. The van der Waals surface area contributed by atoms with Crippen molar-refractivity contribution in [2.75, 3.05) is 24.7 Å². The number of nitrogens with one attached hydrogen (secondary N) is 3. The van der Waals surface area contributed by atoms with E-state index in [1.54, 1.807) is 74.5 Å². The van der Waals surface area contributed by atoms with Gasteiger partial charge in [-0.3, -0.25) is 28.8 Å². The lowest BCUT2D eigenvalue weighted by Crippen LogP contribution is -2.63. The maximum absolute atomic E-state index is 13.9. The third-order valence-electron chi connectivity index (χ3n) is 15.0. The largest absolute Gasteiger partial charge is 0.457 e. The lowest BCUT2D eigenvalue weighted by Gasteiger charge is -2.59. The molecule has 1 unspecified atom stereocenters. The molecule has 12 atom stereocenters. The SMILES string of the molecule is CSC(C)C(=O)NCCC(=O)N[C@H](C(=O)C[C@@H](C)C(=O)Nc1ccc(Oc2ccc([C@@H]3O[C@@H]4C[C@H]5[C@@H]6CCC7=CC(=O)C=C[C@]7(C)[C@H]6[C@@H](O)C[C@]5(C)[C@]4(C(=O)CO)O3)cc2)cc1)C(C)C.O=C=O. The topological polar surface area (TPSA) is 241 Å². The fourth-order valence-corrected chi connectivity index (χ4v) is 11.8. The molecule has 68 heavy (non-hydrogen) atoms. The van der Waals surface area contributed by atoms with Crippen LogP contribution in [0.4, 0.5) is 5.69 Å². The first-order valence-electron chi connectivity index (χ1n) is 23.2. The molecule has 4 aliphatic carbocycles. The van der Waals surface area contributed by atoms with Gasteiger partial charge in [0, 0.05) is 53.3 Å². The second-order valence-electron chi connectivity index (χ2n) is 19.4. The number of aliphatic hydroxyl groups is 2. The molecule has 2 aromatic carbocycles. The molecule has 1 saturated heterocycles. The summed E-state index contributed by atoms with van der Waals surface area (Å²) >= 11 is 1.41. The predicted molar refractivity (Wildman–Crippen MR) is 250 cm³/mol. The summed E-state index contributed by atoms with van der Waals surface area (Å²) in [5, 5.41) is 30.4.